The molecule has 0 aromatic heterocycles. The molecule has 5 heteroatoms. The fourth-order valence-electron chi connectivity index (χ4n) is 1.86. The van der Waals surface area contributed by atoms with Gasteiger partial charge in [0.05, 0.1) is 0 Å². The van der Waals surface area contributed by atoms with Crippen LogP contribution in [0.25, 0.3) is 0 Å². The van der Waals surface area contributed by atoms with Gasteiger partial charge in [0.15, 0.2) is 0 Å². The monoisotopic (exact) mass is 273 g/mol. The maximum absolute atomic E-state index is 12.0. The lowest BCUT2D eigenvalue weighted by Crippen LogP contribution is -2.42. The van der Waals surface area contributed by atoms with Gasteiger partial charge in [-0.25, -0.2) is 4.79 Å². The predicted molar refractivity (Wildman–Crippen MR) is 72.4 cm³/mol. The molecule has 5 nitrogen and oxygen atoms in total. The van der Waals surface area contributed by atoms with Gasteiger partial charge < -0.3 is 15.2 Å². The highest BCUT2D eigenvalue weighted by Crippen LogP contribution is 2.32. The smallest absolute Gasteiger partial charge is 0.326 e. The molecule has 0 radical (unpaired) electrons. The van der Waals surface area contributed by atoms with E-state index in [2.05, 4.69) is 11.2 Å². The molecule has 0 bridgehead atoms. The molecule has 0 spiro atoms. The number of carboxylic acids is 1. The molecule has 0 heterocycles. The van der Waals surface area contributed by atoms with Crippen molar-refractivity contribution < 1.29 is 19.4 Å². The molecular weight excluding hydrogens is 258 g/mol. The van der Waals surface area contributed by atoms with E-state index in [1.54, 1.807) is 24.3 Å². The molecule has 1 saturated carbocycles. The Morgan fingerprint density at radius 2 is 2.05 bits per heavy atom. The number of hydrogen-bond donors (Lipinski definition) is 2. The highest BCUT2D eigenvalue weighted by Gasteiger charge is 2.37. The number of hydrogen-bond acceptors (Lipinski definition) is 3. The molecule has 1 fully saturated rings. The topological polar surface area (TPSA) is 75.6 Å². The summed E-state index contributed by atoms with van der Waals surface area (Å²) in [6.07, 6.45) is 6.76. The summed E-state index contributed by atoms with van der Waals surface area (Å²) in [5.74, 6) is 1.58. The minimum absolute atomic E-state index is 0.0506. The van der Waals surface area contributed by atoms with Crippen LogP contribution in [0.1, 0.15) is 23.2 Å². The third kappa shape index (κ3) is 3.51. The van der Waals surface area contributed by atoms with Crippen molar-refractivity contribution in [3.8, 4) is 18.1 Å². The van der Waals surface area contributed by atoms with E-state index in [-0.39, 0.29) is 12.5 Å². The molecule has 0 aliphatic heterocycles. The highest BCUT2D eigenvalue weighted by atomic mass is 16.5. The van der Waals surface area contributed by atoms with E-state index in [1.165, 1.54) is 0 Å². The van der Waals surface area contributed by atoms with Crippen LogP contribution in [0.2, 0.25) is 0 Å². The zero-order valence-electron chi connectivity index (χ0n) is 10.8. The van der Waals surface area contributed by atoms with Gasteiger partial charge >= 0.3 is 5.97 Å². The van der Waals surface area contributed by atoms with E-state index < -0.39 is 17.9 Å². The van der Waals surface area contributed by atoms with Crippen LogP contribution in [-0.4, -0.2) is 29.6 Å². The number of aliphatic carboxylic acids is 1. The number of rotatable bonds is 6. The van der Waals surface area contributed by atoms with E-state index in [4.69, 9.17) is 16.3 Å². The zero-order chi connectivity index (χ0) is 14.5. The van der Waals surface area contributed by atoms with Crippen molar-refractivity contribution in [2.75, 3.05) is 6.61 Å². The number of terminal acetylenes is 1. The third-order valence-electron chi connectivity index (χ3n) is 3.08. The van der Waals surface area contributed by atoms with Crippen molar-refractivity contribution in [3.63, 3.8) is 0 Å². The first-order chi connectivity index (χ1) is 9.61. The number of amides is 1. The molecule has 1 atom stereocenters. The number of nitrogens with one attached hydrogen (secondary N) is 1. The Labute approximate surface area is 116 Å². The first-order valence-corrected chi connectivity index (χ1v) is 6.32. The molecule has 20 heavy (non-hydrogen) atoms. The summed E-state index contributed by atoms with van der Waals surface area (Å²) in [5, 5.41) is 11.6. The molecule has 104 valence electrons. The van der Waals surface area contributed by atoms with Crippen LogP contribution in [-0.2, 0) is 4.79 Å². The Hall–Kier alpha value is -2.48. The molecule has 2 N–H and O–H groups in total. The molecular formula is C15H15NO4. The van der Waals surface area contributed by atoms with Gasteiger partial charge in [-0.1, -0.05) is 5.92 Å². The van der Waals surface area contributed by atoms with Crippen LogP contribution < -0.4 is 10.1 Å². The van der Waals surface area contributed by atoms with E-state index in [0.717, 1.165) is 12.8 Å². The summed E-state index contributed by atoms with van der Waals surface area (Å²) in [4.78, 5) is 23.0. The lowest BCUT2D eigenvalue weighted by Gasteiger charge is -2.13. The molecule has 2 rings (SSSR count). The molecule has 1 amide bonds. The summed E-state index contributed by atoms with van der Waals surface area (Å²) in [7, 11) is 0. The average Bonchev–Trinajstić information content (AvgIpc) is 3.27. The summed E-state index contributed by atoms with van der Waals surface area (Å²) in [5.41, 5.74) is 0.393. The normalized spacial score (nSPS) is 14.9. The van der Waals surface area contributed by atoms with Crippen molar-refractivity contribution in [1.29, 1.82) is 0 Å². The summed E-state index contributed by atoms with van der Waals surface area (Å²) in [6.45, 7) is 0.161. The second-order valence-electron chi connectivity index (χ2n) is 4.64. The number of carbonyl (C=O) groups is 2. The Morgan fingerprint density at radius 1 is 1.40 bits per heavy atom. The van der Waals surface area contributed by atoms with E-state index >= 15 is 0 Å². The molecule has 1 unspecified atom stereocenters. The quantitative estimate of drug-likeness (QED) is 0.766. The number of carbonyl (C=O) groups excluding carboxylic acids is 1. The lowest BCUT2D eigenvalue weighted by molar-refractivity contribution is -0.139. The second-order valence-corrected chi connectivity index (χ2v) is 4.64. The molecule has 1 aromatic carbocycles. The van der Waals surface area contributed by atoms with E-state index in [0.29, 0.717) is 11.3 Å². The number of carboxylic acid groups (broad SMARTS) is 1. The molecule has 1 aromatic rings. The van der Waals surface area contributed by atoms with Gasteiger partial charge in [-0.3, -0.25) is 4.79 Å². The first kappa shape index (κ1) is 13.9. The van der Waals surface area contributed by atoms with Crippen molar-refractivity contribution in [2.24, 2.45) is 5.92 Å². The predicted octanol–water partition coefficient (Wildman–Crippen LogP) is 1.29. The van der Waals surface area contributed by atoms with Gasteiger partial charge in [-0.2, -0.15) is 0 Å². The van der Waals surface area contributed by atoms with Crippen molar-refractivity contribution in [2.45, 2.75) is 18.9 Å². The van der Waals surface area contributed by atoms with Gasteiger partial charge in [0.2, 0.25) is 0 Å². The van der Waals surface area contributed by atoms with Crippen LogP contribution in [0, 0.1) is 18.3 Å². The number of benzene rings is 1. The Balaban J connectivity index is 1.98. The number of ether oxygens (including phenoxy) is 1. The van der Waals surface area contributed by atoms with Gasteiger partial charge in [0, 0.05) is 5.56 Å². The van der Waals surface area contributed by atoms with Crippen molar-refractivity contribution in [3.05, 3.63) is 29.8 Å². The fourth-order valence-corrected chi connectivity index (χ4v) is 1.86. The Bertz CT molecular complexity index is 540. The van der Waals surface area contributed by atoms with Gasteiger partial charge in [-0.15, -0.1) is 6.42 Å². The Kier molecular flexibility index (Phi) is 4.26. The molecule has 1 aliphatic carbocycles. The van der Waals surface area contributed by atoms with Crippen LogP contribution in [0.5, 0.6) is 5.75 Å². The van der Waals surface area contributed by atoms with Crippen LogP contribution in [0.3, 0.4) is 0 Å². The van der Waals surface area contributed by atoms with Gasteiger partial charge in [0.1, 0.15) is 18.4 Å². The Morgan fingerprint density at radius 3 is 2.55 bits per heavy atom. The summed E-state index contributed by atoms with van der Waals surface area (Å²) < 4.78 is 5.20. The maximum atomic E-state index is 12.0. The van der Waals surface area contributed by atoms with Gasteiger partial charge in [0.25, 0.3) is 5.91 Å². The first-order valence-electron chi connectivity index (χ1n) is 6.32. The van der Waals surface area contributed by atoms with Crippen molar-refractivity contribution in [1.82, 2.24) is 5.32 Å². The van der Waals surface area contributed by atoms with Crippen LogP contribution >= 0.6 is 0 Å². The van der Waals surface area contributed by atoms with Crippen LogP contribution in [0.4, 0.5) is 0 Å². The minimum atomic E-state index is -0.991. The fraction of sp³-hybridized carbons (Fsp3) is 0.333. The molecule has 1 aliphatic rings. The minimum Gasteiger partial charge on any atom is -0.481 e. The van der Waals surface area contributed by atoms with E-state index in [1.807, 2.05) is 0 Å². The highest BCUT2D eigenvalue weighted by molar-refractivity contribution is 5.96. The SMILES string of the molecule is C#CCOc1ccc(C(=O)NC(C(=O)O)C2CC2)cc1. The average molecular weight is 273 g/mol. The third-order valence-corrected chi connectivity index (χ3v) is 3.08. The van der Waals surface area contributed by atoms with Gasteiger partial charge in [-0.05, 0) is 43.0 Å². The largest absolute Gasteiger partial charge is 0.481 e. The second kappa shape index (κ2) is 6.11. The molecule has 0 saturated heterocycles. The zero-order valence-corrected chi connectivity index (χ0v) is 10.8. The lowest BCUT2D eigenvalue weighted by atomic mass is 10.1. The summed E-state index contributed by atoms with van der Waals surface area (Å²) >= 11 is 0. The van der Waals surface area contributed by atoms with Crippen molar-refractivity contribution >= 4 is 11.9 Å². The summed E-state index contributed by atoms with van der Waals surface area (Å²) in [6, 6.07) is 5.60. The van der Waals surface area contributed by atoms with E-state index in [9.17, 15) is 9.59 Å². The standard InChI is InChI=1S/C15H15NO4/c1-2-9-20-12-7-5-11(6-8-12)14(17)16-13(15(18)19)10-3-4-10/h1,5-8,10,13H,3-4,9H2,(H,16,17)(H,18,19). The maximum Gasteiger partial charge on any atom is 0.326 e. The van der Waals surface area contributed by atoms with Crippen LogP contribution in [0.15, 0.2) is 24.3 Å².